The van der Waals surface area contributed by atoms with E-state index in [2.05, 4.69) is 34.9 Å². The summed E-state index contributed by atoms with van der Waals surface area (Å²) in [5, 5.41) is 0. The van der Waals surface area contributed by atoms with Crippen LogP contribution in [0, 0.1) is 5.92 Å². The highest BCUT2D eigenvalue weighted by Crippen LogP contribution is 2.20. The van der Waals surface area contributed by atoms with Crippen LogP contribution in [0.4, 0.5) is 0 Å². The molecule has 15 heavy (non-hydrogen) atoms. The summed E-state index contributed by atoms with van der Waals surface area (Å²) in [5.74, 6) is 0.641. The molecule has 1 rings (SSSR count). The largest absolute Gasteiger partial charge is 0.309 e. The number of halogens is 1. The van der Waals surface area contributed by atoms with E-state index in [1.807, 2.05) is 0 Å². The lowest BCUT2D eigenvalue weighted by Crippen LogP contribution is -2.40. The summed E-state index contributed by atoms with van der Waals surface area (Å²) in [4.78, 5) is 2.17. The number of alkyl halides is 1. The topological polar surface area (TPSA) is 40.6 Å². The zero-order chi connectivity index (χ0) is 11.5. The first kappa shape index (κ1) is 13.4. The number of nitrogens with zero attached hydrogens (tertiary/aromatic N) is 2. The molecule has 1 saturated heterocycles. The molecule has 0 atom stereocenters. The summed E-state index contributed by atoms with van der Waals surface area (Å²) in [7, 11) is 1.08. The van der Waals surface area contributed by atoms with Crippen LogP contribution in [0.1, 0.15) is 12.8 Å². The molecule has 1 aliphatic heterocycles. The van der Waals surface area contributed by atoms with Gasteiger partial charge in [0.1, 0.15) is 4.66 Å². The van der Waals surface area contributed by atoms with Crippen molar-refractivity contribution < 1.29 is 8.42 Å². The van der Waals surface area contributed by atoms with Crippen LogP contribution in [0.5, 0.6) is 0 Å². The summed E-state index contributed by atoms with van der Waals surface area (Å²) < 4.78 is 24.7. The third-order valence-electron chi connectivity index (χ3n) is 2.73. The highest BCUT2D eigenvalue weighted by atomic mass is 79.9. The molecule has 0 bridgehead atoms. The molecular weight excluding hydrogens is 280 g/mol. The van der Waals surface area contributed by atoms with Crippen molar-refractivity contribution in [3.05, 3.63) is 0 Å². The third-order valence-corrected chi connectivity index (χ3v) is 5.89. The molecule has 1 heterocycles. The van der Waals surface area contributed by atoms with Crippen molar-refractivity contribution in [2.45, 2.75) is 12.8 Å². The Hall–Kier alpha value is 0.350. The van der Waals surface area contributed by atoms with E-state index >= 15 is 0 Å². The molecule has 0 unspecified atom stereocenters. The minimum absolute atomic E-state index is 0.0400. The molecular formula is C9H19BrN2O2S. The monoisotopic (exact) mass is 298 g/mol. The molecule has 6 heteroatoms. The second kappa shape index (κ2) is 5.61. The van der Waals surface area contributed by atoms with Gasteiger partial charge in [-0.2, -0.15) is 0 Å². The number of hydrogen-bond donors (Lipinski definition) is 0. The maximum Gasteiger partial charge on any atom is 0.224 e. The molecule has 4 nitrogen and oxygen atoms in total. The lowest BCUT2D eigenvalue weighted by molar-refractivity contribution is 0.225. The van der Waals surface area contributed by atoms with Crippen LogP contribution in [0.3, 0.4) is 0 Å². The summed E-state index contributed by atoms with van der Waals surface area (Å²) in [6.45, 7) is 2.40. The zero-order valence-corrected chi connectivity index (χ0v) is 11.7. The second-order valence-electron chi connectivity index (χ2n) is 4.33. The van der Waals surface area contributed by atoms with E-state index in [4.69, 9.17) is 0 Å². The Morgan fingerprint density at radius 1 is 1.33 bits per heavy atom. The minimum Gasteiger partial charge on any atom is -0.309 e. The van der Waals surface area contributed by atoms with Crippen molar-refractivity contribution in [1.82, 2.24) is 9.21 Å². The van der Waals surface area contributed by atoms with Crippen LogP contribution in [-0.4, -0.2) is 56.0 Å². The molecule has 0 aromatic rings. The highest BCUT2D eigenvalue weighted by molar-refractivity contribution is 9.10. The van der Waals surface area contributed by atoms with E-state index in [1.54, 1.807) is 4.31 Å². The van der Waals surface area contributed by atoms with E-state index in [0.29, 0.717) is 19.0 Å². The van der Waals surface area contributed by atoms with Gasteiger partial charge >= 0.3 is 0 Å². The number of hydrogen-bond acceptors (Lipinski definition) is 3. The van der Waals surface area contributed by atoms with Gasteiger partial charge < -0.3 is 4.90 Å². The average Bonchev–Trinajstić information content (AvgIpc) is 2.18. The summed E-state index contributed by atoms with van der Waals surface area (Å²) in [6, 6.07) is 0. The minimum atomic E-state index is -3.04. The first-order valence-electron chi connectivity index (χ1n) is 5.14. The number of sulfonamides is 1. The van der Waals surface area contributed by atoms with Crippen LogP contribution in [0.25, 0.3) is 0 Å². The first-order chi connectivity index (χ1) is 6.95. The lowest BCUT2D eigenvalue weighted by Gasteiger charge is -2.31. The molecule has 0 spiro atoms. The van der Waals surface area contributed by atoms with Gasteiger partial charge in [-0.15, -0.1) is 0 Å². The molecule has 0 amide bonds. The fraction of sp³-hybridized carbons (Fsp3) is 1.00. The van der Waals surface area contributed by atoms with E-state index in [9.17, 15) is 8.42 Å². The van der Waals surface area contributed by atoms with Gasteiger partial charge in [-0.1, -0.05) is 15.9 Å². The standard InChI is InChI=1S/C9H19BrN2O2S/c1-11(2)7-9-3-5-12(6-4-9)15(13,14)8-10/h9H,3-8H2,1-2H3. The molecule has 0 N–H and O–H groups in total. The van der Waals surface area contributed by atoms with E-state index < -0.39 is 10.0 Å². The smallest absolute Gasteiger partial charge is 0.224 e. The van der Waals surface area contributed by atoms with Crippen molar-refractivity contribution in [2.24, 2.45) is 5.92 Å². The van der Waals surface area contributed by atoms with Crippen molar-refractivity contribution >= 4 is 26.0 Å². The Balaban J connectivity index is 2.43. The number of piperidine rings is 1. The molecule has 0 radical (unpaired) electrons. The van der Waals surface area contributed by atoms with Crippen molar-refractivity contribution in [3.8, 4) is 0 Å². The van der Waals surface area contributed by atoms with Gasteiger partial charge in [0, 0.05) is 19.6 Å². The van der Waals surface area contributed by atoms with Gasteiger partial charge in [-0.05, 0) is 32.9 Å². The molecule has 90 valence electrons. The summed E-state index contributed by atoms with van der Waals surface area (Å²) >= 11 is 3.02. The van der Waals surface area contributed by atoms with Crippen LogP contribution in [0.2, 0.25) is 0 Å². The molecule has 1 fully saturated rings. The summed E-state index contributed by atoms with van der Waals surface area (Å²) in [5.41, 5.74) is 0. The van der Waals surface area contributed by atoms with Crippen molar-refractivity contribution in [1.29, 1.82) is 0 Å². The van der Waals surface area contributed by atoms with Crippen LogP contribution < -0.4 is 0 Å². The quantitative estimate of drug-likeness (QED) is 0.726. The Labute approximate surface area is 101 Å². The molecule has 1 aliphatic rings. The third kappa shape index (κ3) is 4.01. The van der Waals surface area contributed by atoms with E-state index in [-0.39, 0.29) is 4.66 Å². The van der Waals surface area contributed by atoms with E-state index in [1.165, 1.54) is 0 Å². The fourth-order valence-electron chi connectivity index (χ4n) is 1.96. The molecule has 0 aliphatic carbocycles. The zero-order valence-electron chi connectivity index (χ0n) is 9.32. The second-order valence-corrected chi connectivity index (χ2v) is 7.60. The van der Waals surface area contributed by atoms with E-state index in [0.717, 1.165) is 19.4 Å². The molecule has 0 aromatic carbocycles. The maximum atomic E-state index is 11.6. The van der Waals surface area contributed by atoms with Crippen LogP contribution >= 0.6 is 15.9 Å². The average molecular weight is 299 g/mol. The Kier molecular flexibility index (Phi) is 5.02. The molecule has 0 saturated carbocycles. The van der Waals surface area contributed by atoms with Gasteiger partial charge in [0.25, 0.3) is 0 Å². The van der Waals surface area contributed by atoms with Crippen LogP contribution in [0.15, 0.2) is 0 Å². The normalized spacial score (nSPS) is 21.1. The van der Waals surface area contributed by atoms with Gasteiger partial charge in [0.2, 0.25) is 10.0 Å². The van der Waals surface area contributed by atoms with Crippen molar-refractivity contribution in [3.63, 3.8) is 0 Å². The lowest BCUT2D eigenvalue weighted by atomic mass is 9.98. The Bertz CT molecular complexity index is 284. The predicted molar refractivity (Wildman–Crippen MR) is 65.6 cm³/mol. The van der Waals surface area contributed by atoms with Gasteiger partial charge in [0.05, 0.1) is 0 Å². The maximum absolute atomic E-state index is 11.6. The summed E-state index contributed by atoms with van der Waals surface area (Å²) in [6.07, 6.45) is 1.95. The first-order valence-corrected chi connectivity index (χ1v) is 7.87. The predicted octanol–water partition coefficient (Wildman–Crippen LogP) is 0.942. The van der Waals surface area contributed by atoms with Gasteiger partial charge in [-0.3, -0.25) is 0 Å². The highest BCUT2D eigenvalue weighted by Gasteiger charge is 2.26. The van der Waals surface area contributed by atoms with Crippen molar-refractivity contribution in [2.75, 3.05) is 38.4 Å². The Morgan fingerprint density at radius 3 is 2.27 bits per heavy atom. The Morgan fingerprint density at radius 2 is 1.87 bits per heavy atom. The fourth-order valence-corrected chi connectivity index (χ4v) is 3.73. The number of rotatable bonds is 4. The SMILES string of the molecule is CN(C)CC1CCN(S(=O)(=O)CBr)CC1. The van der Waals surface area contributed by atoms with Crippen LogP contribution in [-0.2, 0) is 10.0 Å². The van der Waals surface area contributed by atoms with Gasteiger partial charge in [0.15, 0.2) is 0 Å². The molecule has 0 aromatic heterocycles. The van der Waals surface area contributed by atoms with Gasteiger partial charge in [-0.25, -0.2) is 12.7 Å².